The van der Waals surface area contributed by atoms with E-state index in [9.17, 15) is 9.59 Å². The van der Waals surface area contributed by atoms with E-state index in [1.54, 1.807) is 19.1 Å². The van der Waals surface area contributed by atoms with E-state index in [0.29, 0.717) is 18.5 Å². The molecule has 0 amide bonds. The Labute approximate surface area is 279 Å². The van der Waals surface area contributed by atoms with Crippen molar-refractivity contribution in [3.8, 4) is 17.1 Å². The molecule has 0 radical (unpaired) electrons. The molecule has 0 saturated heterocycles. The molecule has 1 aromatic heterocycles. The number of aldehydes is 1. The molecule has 0 saturated carbocycles. The zero-order valence-corrected chi connectivity index (χ0v) is 29.4. The molecule has 0 aliphatic heterocycles. The van der Waals surface area contributed by atoms with Crippen LogP contribution < -0.4 is 0 Å². The van der Waals surface area contributed by atoms with Crippen LogP contribution in [-0.4, -0.2) is 24.0 Å². The van der Waals surface area contributed by atoms with Crippen LogP contribution in [-0.2, 0) is 9.53 Å². The van der Waals surface area contributed by atoms with Gasteiger partial charge in [0.05, 0.1) is 12.2 Å². The summed E-state index contributed by atoms with van der Waals surface area (Å²) in [5, 5.41) is 10.1. The van der Waals surface area contributed by atoms with Gasteiger partial charge in [-0.15, -0.1) is 0 Å². The molecule has 4 aromatic carbocycles. The fourth-order valence-electron chi connectivity index (χ4n) is 3.37. The number of esters is 1. The summed E-state index contributed by atoms with van der Waals surface area (Å²) >= 11 is 16.7. The average molecular weight is 875 g/mol. The number of fused-ring (bicyclic) bond motifs is 1. The maximum atomic E-state index is 11.3. The Kier molecular flexibility index (Phi) is 13.3. The van der Waals surface area contributed by atoms with Crippen LogP contribution in [0.3, 0.4) is 0 Å². The van der Waals surface area contributed by atoms with Gasteiger partial charge in [0.1, 0.15) is 21.9 Å². The van der Waals surface area contributed by atoms with Crippen LogP contribution in [0.1, 0.15) is 27.7 Å². The second-order valence-corrected chi connectivity index (χ2v) is 12.9. The number of alkyl halides is 1. The number of hydrogen-bond acceptors (Lipinski definition) is 5. The van der Waals surface area contributed by atoms with Gasteiger partial charge in [-0.25, -0.2) is 0 Å². The molecule has 5 rings (SSSR count). The fraction of sp³-hybridized carbons (Fsp3) is 0.0968. The average Bonchev–Trinajstić information content (AvgIpc) is 3.39. The van der Waals surface area contributed by atoms with Gasteiger partial charge in [0.25, 0.3) is 0 Å². The van der Waals surface area contributed by atoms with Crippen LogP contribution >= 0.6 is 79.6 Å². The molecular weight excluding hydrogens is 852 g/mol. The van der Waals surface area contributed by atoms with Crippen molar-refractivity contribution in [2.75, 3.05) is 6.61 Å². The largest absolute Gasteiger partial charge is 0.507 e. The molecule has 41 heavy (non-hydrogen) atoms. The summed E-state index contributed by atoms with van der Waals surface area (Å²) in [6.45, 7) is 2.19. The number of furan rings is 1. The second kappa shape index (κ2) is 16.4. The Bertz CT molecular complexity index is 1600. The Hall–Kier alpha value is -2.24. The lowest BCUT2D eigenvalue weighted by Gasteiger charge is -2.08. The first kappa shape index (κ1) is 33.3. The zero-order chi connectivity index (χ0) is 29.9. The van der Waals surface area contributed by atoms with Crippen molar-refractivity contribution in [1.29, 1.82) is 0 Å². The first-order valence-electron chi connectivity index (χ1n) is 12.1. The number of phenols is 1. The second-order valence-electron chi connectivity index (χ2n) is 8.29. The van der Waals surface area contributed by atoms with Gasteiger partial charge in [0.2, 0.25) is 0 Å². The number of benzene rings is 4. The number of hydrogen-bond donors (Lipinski definition) is 1. The Morgan fingerprint density at radius 3 is 1.98 bits per heavy atom. The summed E-state index contributed by atoms with van der Waals surface area (Å²) in [5.74, 6) is 0.652. The summed E-state index contributed by atoms with van der Waals surface area (Å²) in [6, 6.07) is 28.4. The molecule has 0 bridgehead atoms. The molecule has 1 heterocycles. The number of aromatic hydroxyl groups is 1. The van der Waals surface area contributed by atoms with Gasteiger partial charge >= 0.3 is 5.97 Å². The molecule has 5 aromatic rings. The molecule has 0 spiro atoms. The monoisotopic (exact) mass is 870 g/mol. The smallest absolute Gasteiger partial charge is 0.324 e. The fourth-order valence-corrected chi connectivity index (χ4v) is 5.10. The minimum absolute atomic E-state index is 0.0122. The quantitative estimate of drug-likeness (QED) is 0.108. The molecular formula is C31H23Br5O5. The van der Waals surface area contributed by atoms with Crippen LogP contribution in [0.15, 0.2) is 113 Å². The number of phenolic OH excluding ortho intramolecular Hbond substituents is 1. The van der Waals surface area contributed by atoms with Gasteiger partial charge in [-0.3, -0.25) is 9.59 Å². The first-order valence-corrected chi connectivity index (χ1v) is 16.1. The topological polar surface area (TPSA) is 76.7 Å². The van der Waals surface area contributed by atoms with Crippen molar-refractivity contribution in [2.45, 2.75) is 11.8 Å². The van der Waals surface area contributed by atoms with Crippen LogP contribution in [0, 0.1) is 0 Å². The van der Waals surface area contributed by atoms with Crippen molar-refractivity contribution in [1.82, 2.24) is 0 Å². The Morgan fingerprint density at radius 2 is 1.39 bits per heavy atom. The highest BCUT2D eigenvalue weighted by Gasteiger charge is 2.17. The van der Waals surface area contributed by atoms with E-state index >= 15 is 0 Å². The molecule has 212 valence electrons. The summed E-state index contributed by atoms with van der Waals surface area (Å²) in [5.41, 5.74) is 3.19. The molecule has 10 heteroatoms. The first-order chi connectivity index (χ1) is 19.6. The summed E-state index contributed by atoms with van der Waals surface area (Å²) < 4.78 is 14.6. The van der Waals surface area contributed by atoms with Crippen LogP contribution in [0.2, 0.25) is 0 Å². The zero-order valence-electron chi connectivity index (χ0n) is 21.5. The van der Waals surface area contributed by atoms with Gasteiger partial charge in [-0.2, -0.15) is 0 Å². The van der Waals surface area contributed by atoms with E-state index in [-0.39, 0.29) is 16.5 Å². The lowest BCUT2D eigenvalue weighted by molar-refractivity contribution is -0.142. The van der Waals surface area contributed by atoms with Crippen LogP contribution in [0.4, 0.5) is 0 Å². The van der Waals surface area contributed by atoms with E-state index in [1.165, 1.54) is 6.07 Å². The van der Waals surface area contributed by atoms with E-state index in [0.717, 1.165) is 45.7 Å². The number of carbonyl (C=O) groups excluding carboxylic acids is 2. The van der Waals surface area contributed by atoms with Crippen molar-refractivity contribution in [3.05, 3.63) is 120 Å². The maximum Gasteiger partial charge on any atom is 0.324 e. The predicted molar refractivity (Wildman–Crippen MR) is 181 cm³/mol. The Morgan fingerprint density at radius 1 is 0.829 bits per heavy atom. The van der Waals surface area contributed by atoms with Crippen molar-refractivity contribution in [3.63, 3.8) is 0 Å². The predicted octanol–water partition coefficient (Wildman–Crippen LogP) is 11.0. The number of rotatable bonds is 5. The molecule has 0 fully saturated rings. The summed E-state index contributed by atoms with van der Waals surface area (Å²) in [4.78, 5) is 21.2. The van der Waals surface area contributed by atoms with Crippen LogP contribution in [0.5, 0.6) is 5.75 Å². The van der Waals surface area contributed by atoms with Crippen LogP contribution in [0.25, 0.3) is 22.3 Å². The highest BCUT2D eigenvalue weighted by molar-refractivity contribution is 9.11. The van der Waals surface area contributed by atoms with Crippen molar-refractivity contribution < 1.29 is 23.8 Å². The minimum atomic E-state index is -0.379. The van der Waals surface area contributed by atoms with Gasteiger partial charge in [-0.1, -0.05) is 104 Å². The highest BCUT2D eigenvalue weighted by atomic mass is 79.9. The molecule has 5 nitrogen and oxygen atoms in total. The molecule has 0 aliphatic rings. The normalized spacial score (nSPS) is 11.0. The standard InChI is InChI=1S/C14H8Br2O.C10H10Br2O2.C7H5BrO2/c15-11-3-1-9(2-4-11)14-8-10-7-12(16)5-6-13(10)17-14;1-2-14-10(13)9(12)7-3-5-8(11)6-4-7;8-6-1-2-7(10)5(3-6)4-9/h1-8H;3-6,9H,2H2,1H3;1-4,10H. The lowest BCUT2D eigenvalue weighted by atomic mass is 10.1. The van der Waals surface area contributed by atoms with Gasteiger partial charge in [0.15, 0.2) is 6.29 Å². The van der Waals surface area contributed by atoms with E-state index in [1.807, 2.05) is 60.7 Å². The third kappa shape index (κ3) is 10.2. The number of ether oxygens (including phenoxy) is 1. The van der Waals surface area contributed by atoms with E-state index in [4.69, 9.17) is 14.3 Å². The molecule has 1 N–H and O–H groups in total. The molecule has 0 aliphatic carbocycles. The van der Waals surface area contributed by atoms with Crippen molar-refractivity contribution >= 4 is 103 Å². The van der Waals surface area contributed by atoms with E-state index in [2.05, 4.69) is 91.8 Å². The molecule has 1 atom stereocenters. The summed E-state index contributed by atoms with van der Waals surface area (Å²) in [7, 11) is 0. The SMILES string of the molecule is Brc1ccc(-c2cc3cc(Br)ccc3o2)cc1.CCOC(=O)C(Br)c1ccc(Br)cc1.O=Cc1cc(Br)ccc1O. The highest BCUT2D eigenvalue weighted by Crippen LogP contribution is 2.30. The lowest BCUT2D eigenvalue weighted by Crippen LogP contribution is -2.10. The van der Waals surface area contributed by atoms with Gasteiger partial charge in [0, 0.05) is 28.8 Å². The van der Waals surface area contributed by atoms with E-state index < -0.39 is 0 Å². The van der Waals surface area contributed by atoms with Gasteiger partial charge in [-0.05, 0) is 79.2 Å². The third-order valence-corrected chi connectivity index (χ3v) is 8.33. The number of carbonyl (C=O) groups is 2. The Balaban J connectivity index is 0.000000176. The maximum absolute atomic E-state index is 11.3. The van der Waals surface area contributed by atoms with Gasteiger partial charge < -0.3 is 14.3 Å². The molecule has 1 unspecified atom stereocenters. The third-order valence-electron chi connectivity index (χ3n) is 5.38. The summed E-state index contributed by atoms with van der Waals surface area (Å²) in [6.07, 6.45) is 0.611. The van der Waals surface area contributed by atoms with Crippen molar-refractivity contribution in [2.24, 2.45) is 0 Å². The minimum Gasteiger partial charge on any atom is -0.507 e. The number of halogens is 5.